The molecule has 1 aliphatic heterocycles. The molecule has 2 atom stereocenters. The summed E-state index contributed by atoms with van der Waals surface area (Å²) in [5, 5.41) is 13.9. The van der Waals surface area contributed by atoms with Crippen LogP contribution in [0.4, 0.5) is 10.1 Å². The van der Waals surface area contributed by atoms with E-state index in [1.807, 2.05) is 17.7 Å². The molecule has 0 bridgehead atoms. The molecular weight excluding hydrogens is 373 g/mol. The van der Waals surface area contributed by atoms with Crippen molar-refractivity contribution in [2.24, 2.45) is 11.1 Å². The number of carbonyl (C=O) groups is 1. The zero-order valence-corrected chi connectivity index (χ0v) is 17.1. The molecule has 1 saturated heterocycles. The number of primary amides is 1. The number of hydrogen-bond acceptors (Lipinski definition) is 4. The van der Waals surface area contributed by atoms with Gasteiger partial charge in [-0.1, -0.05) is 13.8 Å². The Hall–Kier alpha value is -2.38. The Labute approximate surface area is 169 Å². The summed E-state index contributed by atoms with van der Waals surface area (Å²) in [5.41, 5.74) is 9.10. The van der Waals surface area contributed by atoms with Gasteiger partial charge in [0.15, 0.2) is 0 Å². The third-order valence-corrected chi connectivity index (χ3v) is 5.96. The van der Waals surface area contributed by atoms with Crippen molar-refractivity contribution in [3.05, 3.63) is 46.5 Å². The van der Waals surface area contributed by atoms with Gasteiger partial charge in [-0.05, 0) is 49.3 Å². The van der Waals surface area contributed by atoms with Crippen molar-refractivity contribution in [2.45, 2.75) is 52.2 Å². The Bertz CT molecular complexity index is 961. The van der Waals surface area contributed by atoms with E-state index in [1.54, 1.807) is 6.07 Å². The van der Waals surface area contributed by atoms with Crippen molar-refractivity contribution >= 4 is 11.6 Å². The SMILES string of the molecule is Cc1cn(-c2cc(F)c(C(N)=O)c(N[C@H]3CCOC3)c2)c2c1C(O)CC(C)(C)C2. The number of rotatable bonds is 4. The molecule has 1 amide bonds. The smallest absolute Gasteiger partial charge is 0.253 e. The van der Waals surface area contributed by atoms with Crippen LogP contribution in [0.3, 0.4) is 0 Å². The van der Waals surface area contributed by atoms with E-state index in [0.717, 1.165) is 29.7 Å². The first kappa shape index (κ1) is 19.9. The van der Waals surface area contributed by atoms with Gasteiger partial charge in [-0.15, -0.1) is 0 Å². The first-order valence-corrected chi connectivity index (χ1v) is 10.0. The van der Waals surface area contributed by atoms with Crippen LogP contribution in [0.5, 0.6) is 0 Å². The number of nitrogens with zero attached hydrogens (tertiary/aromatic N) is 1. The fraction of sp³-hybridized carbons (Fsp3) is 0.500. The fourth-order valence-electron chi connectivity index (χ4n) is 4.68. The second-order valence-corrected chi connectivity index (χ2v) is 9.02. The number of nitrogens with two attached hydrogens (primary N) is 1. The van der Waals surface area contributed by atoms with E-state index < -0.39 is 17.8 Å². The number of nitrogens with one attached hydrogen (secondary N) is 1. The summed E-state index contributed by atoms with van der Waals surface area (Å²) in [6.45, 7) is 7.33. The third-order valence-electron chi connectivity index (χ3n) is 5.96. The van der Waals surface area contributed by atoms with Gasteiger partial charge >= 0.3 is 0 Å². The lowest BCUT2D eigenvalue weighted by Gasteiger charge is -2.34. The molecule has 1 aliphatic carbocycles. The van der Waals surface area contributed by atoms with E-state index in [9.17, 15) is 14.3 Å². The van der Waals surface area contributed by atoms with Crippen molar-refractivity contribution in [2.75, 3.05) is 18.5 Å². The van der Waals surface area contributed by atoms with Gasteiger partial charge in [0.1, 0.15) is 5.82 Å². The molecule has 0 spiro atoms. The van der Waals surface area contributed by atoms with Crippen LogP contribution in [0.25, 0.3) is 5.69 Å². The molecule has 156 valence electrons. The molecular formula is C22H28FN3O3. The van der Waals surface area contributed by atoms with E-state index in [-0.39, 0.29) is 17.0 Å². The lowest BCUT2D eigenvalue weighted by atomic mass is 9.75. The molecule has 0 saturated carbocycles. The Kier molecular flexibility index (Phi) is 4.91. The number of amides is 1. The number of aliphatic hydroxyl groups excluding tert-OH is 1. The lowest BCUT2D eigenvalue weighted by molar-refractivity contribution is 0.0980. The number of benzene rings is 1. The topological polar surface area (TPSA) is 89.5 Å². The average molecular weight is 401 g/mol. The van der Waals surface area contributed by atoms with Gasteiger partial charge in [0, 0.05) is 24.1 Å². The second-order valence-electron chi connectivity index (χ2n) is 9.02. The maximum Gasteiger partial charge on any atom is 0.253 e. The minimum absolute atomic E-state index is 0.00354. The minimum Gasteiger partial charge on any atom is -0.388 e. The molecule has 1 aromatic carbocycles. The second kappa shape index (κ2) is 7.15. The predicted octanol–water partition coefficient (Wildman–Crippen LogP) is 3.23. The zero-order chi connectivity index (χ0) is 20.9. The van der Waals surface area contributed by atoms with E-state index >= 15 is 0 Å². The molecule has 4 N–H and O–H groups in total. The number of halogens is 1. The summed E-state index contributed by atoms with van der Waals surface area (Å²) < 4.78 is 22.3. The molecule has 0 radical (unpaired) electrons. The molecule has 2 aliphatic rings. The van der Waals surface area contributed by atoms with E-state index in [4.69, 9.17) is 10.5 Å². The maximum atomic E-state index is 15.0. The number of aliphatic hydroxyl groups is 1. The normalized spacial score (nSPS) is 23.1. The summed E-state index contributed by atoms with van der Waals surface area (Å²) >= 11 is 0. The van der Waals surface area contributed by atoms with E-state index in [1.165, 1.54) is 6.07 Å². The summed E-state index contributed by atoms with van der Waals surface area (Å²) in [5.74, 6) is -1.47. The highest BCUT2D eigenvalue weighted by molar-refractivity contribution is 5.99. The standard InChI is InChI=1S/C22H28FN3O3/c1-12-10-26(17-8-22(2,3)9-18(27)19(12)17)14-6-15(23)20(21(24)28)16(7-14)25-13-4-5-29-11-13/h6-7,10,13,18,25,27H,4-5,8-9,11H2,1-3H3,(H2,24,28)/t13-,18?/m0/s1. The maximum absolute atomic E-state index is 15.0. The van der Waals surface area contributed by atoms with Crippen LogP contribution in [-0.4, -0.2) is 34.8 Å². The number of fused-ring (bicyclic) bond motifs is 1. The van der Waals surface area contributed by atoms with Gasteiger partial charge in [0.2, 0.25) is 0 Å². The molecule has 29 heavy (non-hydrogen) atoms. The van der Waals surface area contributed by atoms with E-state index in [0.29, 0.717) is 31.0 Å². The van der Waals surface area contributed by atoms with Crippen LogP contribution < -0.4 is 11.1 Å². The number of ether oxygens (including phenoxy) is 1. The first-order valence-electron chi connectivity index (χ1n) is 10.0. The predicted molar refractivity (Wildman–Crippen MR) is 109 cm³/mol. The highest BCUT2D eigenvalue weighted by Crippen LogP contribution is 2.43. The molecule has 6 nitrogen and oxygen atoms in total. The van der Waals surface area contributed by atoms with Gasteiger partial charge in [-0.2, -0.15) is 0 Å². The molecule has 2 aromatic rings. The summed E-state index contributed by atoms with van der Waals surface area (Å²) in [6, 6.07) is 3.10. The molecule has 1 fully saturated rings. The van der Waals surface area contributed by atoms with Crippen molar-refractivity contribution in [1.82, 2.24) is 4.57 Å². The quantitative estimate of drug-likeness (QED) is 0.734. The molecule has 2 heterocycles. The Morgan fingerprint density at radius 2 is 2.17 bits per heavy atom. The number of carbonyl (C=O) groups excluding carboxylic acids is 1. The largest absolute Gasteiger partial charge is 0.388 e. The van der Waals surface area contributed by atoms with Crippen molar-refractivity contribution in [3.8, 4) is 5.69 Å². The molecule has 1 aromatic heterocycles. The minimum atomic E-state index is -0.808. The highest BCUT2D eigenvalue weighted by Gasteiger charge is 2.35. The van der Waals surface area contributed by atoms with Crippen LogP contribution >= 0.6 is 0 Å². The Morgan fingerprint density at radius 1 is 1.41 bits per heavy atom. The van der Waals surface area contributed by atoms with E-state index in [2.05, 4.69) is 19.2 Å². The average Bonchev–Trinajstić information content (AvgIpc) is 3.20. The summed E-state index contributed by atoms with van der Waals surface area (Å²) in [7, 11) is 0. The molecule has 1 unspecified atom stereocenters. The molecule has 7 heteroatoms. The highest BCUT2D eigenvalue weighted by atomic mass is 19.1. The van der Waals surface area contributed by atoms with Gasteiger partial charge in [-0.25, -0.2) is 4.39 Å². The lowest BCUT2D eigenvalue weighted by Crippen LogP contribution is -2.27. The Morgan fingerprint density at radius 3 is 2.83 bits per heavy atom. The first-order chi connectivity index (χ1) is 13.7. The van der Waals surface area contributed by atoms with Gasteiger partial charge in [-0.3, -0.25) is 4.79 Å². The van der Waals surface area contributed by atoms with Gasteiger partial charge in [0.05, 0.1) is 35.7 Å². The fourth-order valence-corrected chi connectivity index (χ4v) is 4.68. The van der Waals surface area contributed by atoms with Crippen LogP contribution in [-0.2, 0) is 11.2 Å². The van der Waals surface area contributed by atoms with Crippen molar-refractivity contribution < 1.29 is 19.0 Å². The van der Waals surface area contributed by atoms with Crippen molar-refractivity contribution in [1.29, 1.82) is 0 Å². The number of aromatic nitrogens is 1. The zero-order valence-electron chi connectivity index (χ0n) is 17.1. The van der Waals surface area contributed by atoms with Crippen molar-refractivity contribution in [3.63, 3.8) is 0 Å². The number of aryl methyl sites for hydroxylation is 1. The molecule has 4 rings (SSSR count). The number of anilines is 1. The number of hydrogen-bond donors (Lipinski definition) is 3. The van der Waals surface area contributed by atoms with Gasteiger partial charge in [0.25, 0.3) is 5.91 Å². The van der Waals surface area contributed by atoms with Crippen LogP contribution in [0.1, 0.15) is 60.0 Å². The third kappa shape index (κ3) is 3.65. The van der Waals surface area contributed by atoms with Crippen LogP contribution in [0.15, 0.2) is 18.3 Å². The monoisotopic (exact) mass is 401 g/mol. The van der Waals surface area contributed by atoms with Gasteiger partial charge < -0.3 is 25.5 Å². The van der Waals surface area contributed by atoms with Crippen LogP contribution in [0.2, 0.25) is 0 Å². The van der Waals surface area contributed by atoms with Crippen LogP contribution in [0, 0.1) is 18.2 Å². The Balaban J connectivity index is 1.83. The summed E-state index contributed by atoms with van der Waals surface area (Å²) in [6.07, 6.45) is 3.62. The summed E-state index contributed by atoms with van der Waals surface area (Å²) in [4.78, 5) is 11.9.